The van der Waals surface area contributed by atoms with Crippen molar-refractivity contribution in [3.63, 3.8) is 0 Å². The van der Waals surface area contributed by atoms with Crippen molar-refractivity contribution in [2.24, 2.45) is 11.3 Å². The second-order valence-corrected chi connectivity index (χ2v) is 5.95. The molecule has 15 heavy (non-hydrogen) atoms. The van der Waals surface area contributed by atoms with Gasteiger partial charge < -0.3 is 10.4 Å². The number of aliphatic hydroxyl groups is 1. The average molecular weight is 213 g/mol. The molecule has 0 aromatic heterocycles. The Balaban J connectivity index is 2.04. The molecule has 0 aromatic rings. The Bertz CT molecular complexity index is 167. The third kappa shape index (κ3) is 5.53. The maximum atomic E-state index is 9.12. The minimum Gasteiger partial charge on any atom is -0.393 e. The van der Waals surface area contributed by atoms with Crippen LogP contribution in [0.25, 0.3) is 0 Å². The van der Waals surface area contributed by atoms with Crippen LogP contribution in [0.1, 0.15) is 52.9 Å². The van der Waals surface area contributed by atoms with Crippen LogP contribution in [0, 0.1) is 11.3 Å². The fourth-order valence-corrected chi connectivity index (χ4v) is 2.28. The number of aliphatic hydroxyl groups excluding tert-OH is 1. The maximum absolute atomic E-state index is 9.12. The molecule has 1 aliphatic carbocycles. The highest BCUT2D eigenvalue weighted by molar-refractivity contribution is 4.79. The van der Waals surface area contributed by atoms with E-state index in [0.717, 1.165) is 25.4 Å². The second-order valence-electron chi connectivity index (χ2n) is 5.95. The normalized spacial score (nSPS) is 24.0. The van der Waals surface area contributed by atoms with Gasteiger partial charge in [-0.05, 0) is 63.5 Å². The summed E-state index contributed by atoms with van der Waals surface area (Å²) in [7, 11) is 0. The van der Waals surface area contributed by atoms with Crippen molar-refractivity contribution >= 4 is 0 Å². The SMILES string of the molecule is CC(O)CCNCC1CCC(C)(C)CC1. The summed E-state index contributed by atoms with van der Waals surface area (Å²) in [4.78, 5) is 0. The zero-order valence-electron chi connectivity index (χ0n) is 10.6. The highest BCUT2D eigenvalue weighted by Gasteiger charge is 2.26. The van der Waals surface area contributed by atoms with Gasteiger partial charge in [-0.15, -0.1) is 0 Å². The summed E-state index contributed by atoms with van der Waals surface area (Å²) in [5.41, 5.74) is 0.579. The summed E-state index contributed by atoms with van der Waals surface area (Å²) >= 11 is 0. The van der Waals surface area contributed by atoms with Gasteiger partial charge in [-0.3, -0.25) is 0 Å². The van der Waals surface area contributed by atoms with Crippen molar-refractivity contribution < 1.29 is 5.11 Å². The first-order valence-corrected chi connectivity index (χ1v) is 6.38. The fraction of sp³-hybridized carbons (Fsp3) is 1.00. The Kier molecular flexibility index (Phi) is 5.07. The Morgan fingerprint density at radius 2 is 1.93 bits per heavy atom. The number of hydrogen-bond acceptors (Lipinski definition) is 2. The second kappa shape index (κ2) is 5.86. The predicted octanol–water partition coefficient (Wildman–Crippen LogP) is 2.56. The van der Waals surface area contributed by atoms with Crippen molar-refractivity contribution in [2.75, 3.05) is 13.1 Å². The molecule has 1 saturated carbocycles. The van der Waals surface area contributed by atoms with Crippen LogP contribution in [-0.2, 0) is 0 Å². The summed E-state index contributed by atoms with van der Waals surface area (Å²) in [6, 6.07) is 0. The van der Waals surface area contributed by atoms with Crippen LogP contribution in [0.2, 0.25) is 0 Å². The van der Waals surface area contributed by atoms with E-state index >= 15 is 0 Å². The molecule has 1 rings (SSSR count). The number of rotatable bonds is 5. The number of hydrogen-bond donors (Lipinski definition) is 2. The van der Waals surface area contributed by atoms with Gasteiger partial charge in [-0.25, -0.2) is 0 Å². The zero-order chi connectivity index (χ0) is 11.3. The lowest BCUT2D eigenvalue weighted by molar-refractivity contribution is 0.174. The molecule has 2 nitrogen and oxygen atoms in total. The molecule has 2 N–H and O–H groups in total. The molecule has 2 heteroatoms. The van der Waals surface area contributed by atoms with E-state index in [0.29, 0.717) is 5.41 Å². The van der Waals surface area contributed by atoms with Crippen molar-refractivity contribution in [2.45, 2.75) is 59.0 Å². The lowest BCUT2D eigenvalue weighted by atomic mass is 9.73. The molecular formula is C13H27NO. The van der Waals surface area contributed by atoms with E-state index in [4.69, 9.17) is 5.11 Å². The van der Waals surface area contributed by atoms with Gasteiger partial charge in [0.2, 0.25) is 0 Å². The van der Waals surface area contributed by atoms with Gasteiger partial charge in [0, 0.05) is 0 Å². The largest absolute Gasteiger partial charge is 0.393 e. The maximum Gasteiger partial charge on any atom is 0.0524 e. The molecule has 0 heterocycles. The summed E-state index contributed by atoms with van der Waals surface area (Å²) in [6.07, 6.45) is 6.19. The van der Waals surface area contributed by atoms with E-state index in [2.05, 4.69) is 19.2 Å². The van der Waals surface area contributed by atoms with Gasteiger partial charge in [-0.1, -0.05) is 13.8 Å². The molecule has 0 bridgehead atoms. The van der Waals surface area contributed by atoms with Crippen LogP contribution < -0.4 is 5.32 Å². The first-order valence-electron chi connectivity index (χ1n) is 6.38. The first kappa shape index (κ1) is 13.0. The van der Waals surface area contributed by atoms with Gasteiger partial charge in [-0.2, -0.15) is 0 Å². The summed E-state index contributed by atoms with van der Waals surface area (Å²) in [5, 5.41) is 12.6. The van der Waals surface area contributed by atoms with Gasteiger partial charge in [0.25, 0.3) is 0 Å². The molecule has 0 saturated heterocycles. The summed E-state index contributed by atoms with van der Waals surface area (Å²) in [5.74, 6) is 0.868. The molecule has 90 valence electrons. The lowest BCUT2D eigenvalue weighted by Gasteiger charge is -2.34. The minimum atomic E-state index is -0.164. The quantitative estimate of drug-likeness (QED) is 0.688. The van der Waals surface area contributed by atoms with Crippen LogP contribution >= 0.6 is 0 Å². The summed E-state index contributed by atoms with van der Waals surface area (Å²) in [6.45, 7) is 8.71. The van der Waals surface area contributed by atoms with E-state index in [9.17, 15) is 0 Å². The molecule has 0 radical (unpaired) electrons. The van der Waals surface area contributed by atoms with Crippen LogP contribution in [0.15, 0.2) is 0 Å². The molecule has 1 aliphatic rings. The molecule has 1 fully saturated rings. The highest BCUT2D eigenvalue weighted by Crippen LogP contribution is 2.37. The van der Waals surface area contributed by atoms with E-state index < -0.39 is 0 Å². The van der Waals surface area contributed by atoms with E-state index in [1.165, 1.54) is 25.7 Å². The van der Waals surface area contributed by atoms with Crippen molar-refractivity contribution in [1.82, 2.24) is 5.32 Å². The van der Waals surface area contributed by atoms with Crippen LogP contribution in [0.3, 0.4) is 0 Å². The van der Waals surface area contributed by atoms with Crippen molar-refractivity contribution in [3.05, 3.63) is 0 Å². The lowest BCUT2D eigenvalue weighted by Crippen LogP contribution is -2.30. The van der Waals surface area contributed by atoms with Gasteiger partial charge in [0.05, 0.1) is 6.10 Å². The minimum absolute atomic E-state index is 0.164. The molecule has 0 spiro atoms. The van der Waals surface area contributed by atoms with Crippen LogP contribution in [0.4, 0.5) is 0 Å². The van der Waals surface area contributed by atoms with Gasteiger partial charge >= 0.3 is 0 Å². The molecule has 0 aliphatic heterocycles. The highest BCUT2D eigenvalue weighted by atomic mass is 16.3. The topological polar surface area (TPSA) is 32.3 Å². The smallest absolute Gasteiger partial charge is 0.0524 e. The van der Waals surface area contributed by atoms with Crippen LogP contribution in [-0.4, -0.2) is 24.3 Å². The van der Waals surface area contributed by atoms with E-state index in [1.54, 1.807) is 0 Å². The monoisotopic (exact) mass is 213 g/mol. The Hall–Kier alpha value is -0.0800. The third-order valence-electron chi connectivity index (χ3n) is 3.63. The standard InChI is InChI=1S/C13H27NO/c1-11(15)6-9-14-10-12-4-7-13(2,3)8-5-12/h11-12,14-15H,4-10H2,1-3H3. The third-order valence-corrected chi connectivity index (χ3v) is 3.63. The Labute approximate surface area is 94.5 Å². The Morgan fingerprint density at radius 1 is 1.33 bits per heavy atom. The molecule has 0 amide bonds. The zero-order valence-corrected chi connectivity index (χ0v) is 10.6. The Morgan fingerprint density at radius 3 is 2.47 bits per heavy atom. The average Bonchev–Trinajstić information content (AvgIpc) is 2.14. The fourth-order valence-electron chi connectivity index (χ4n) is 2.28. The number of nitrogens with one attached hydrogen (secondary N) is 1. The first-order chi connectivity index (χ1) is 6.99. The molecule has 1 atom stereocenters. The van der Waals surface area contributed by atoms with Gasteiger partial charge in [0.15, 0.2) is 0 Å². The van der Waals surface area contributed by atoms with E-state index in [1.807, 2.05) is 6.92 Å². The molecule has 0 aromatic carbocycles. The molecular weight excluding hydrogens is 186 g/mol. The van der Waals surface area contributed by atoms with Crippen LogP contribution in [0.5, 0.6) is 0 Å². The van der Waals surface area contributed by atoms with Gasteiger partial charge in [0.1, 0.15) is 0 Å². The molecule has 1 unspecified atom stereocenters. The van der Waals surface area contributed by atoms with Crippen molar-refractivity contribution in [1.29, 1.82) is 0 Å². The predicted molar refractivity (Wildman–Crippen MR) is 64.9 cm³/mol. The van der Waals surface area contributed by atoms with Crippen molar-refractivity contribution in [3.8, 4) is 0 Å². The van der Waals surface area contributed by atoms with E-state index in [-0.39, 0.29) is 6.10 Å². The summed E-state index contributed by atoms with van der Waals surface area (Å²) < 4.78 is 0.